The number of aromatic nitrogens is 1. The van der Waals surface area contributed by atoms with Crippen LogP contribution in [0.15, 0.2) is 47.8 Å². The molecule has 0 atom stereocenters. The number of halogens is 2. The Hall–Kier alpha value is -2.48. The molecule has 0 spiro atoms. The first-order chi connectivity index (χ1) is 14.1. The first-order valence-corrected chi connectivity index (χ1v) is 10.5. The third-order valence-electron chi connectivity index (χ3n) is 4.55. The molecule has 1 aliphatic heterocycles. The number of nitrogens with zero attached hydrogens (tertiary/aromatic N) is 2. The summed E-state index contributed by atoms with van der Waals surface area (Å²) in [4.78, 5) is 19.3. The van der Waals surface area contributed by atoms with Crippen LogP contribution in [0.2, 0.25) is 5.02 Å². The van der Waals surface area contributed by atoms with Gasteiger partial charge in [-0.25, -0.2) is 9.37 Å². The minimum atomic E-state index is -0.311. The Kier molecular flexibility index (Phi) is 6.08. The Bertz CT molecular complexity index is 1020. The molecule has 1 fully saturated rings. The SMILES string of the molecule is O=C(Cc1csc(-c2cccc(F)c2)n1)Nc1cc(Cl)ccc1N1CCOCC1. The average molecular weight is 432 g/mol. The quantitative estimate of drug-likeness (QED) is 0.640. The lowest BCUT2D eigenvalue weighted by molar-refractivity contribution is -0.115. The van der Waals surface area contributed by atoms with Crippen molar-refractivity contribution >= 4 is 40.2 Å². The van der Waals surface area contributed by atoms with Crippen LogP contribution < -0.4 is 10.2 Å². The van der Waals surface area contributed by atoms with Gasteiger partial charge in [0.05, 0.1) is 36.7 Å². The Morgan fingerprint density at radius 3 is 2.86 bits per heavy atom. The van der Waals surface area contributed by atoms with Crippen LogP contribution in [-0.2, 0) is 16.0 Å². The van der Waals surface area contributed by atoms with E-state index in [1.54, 1.807) is 18.2 Å². The lowest BCUT2D eigenvalue weighted by atomic mass is 10.2. The molecule has 1 amide bonds. The van der Waals surface area contributed by atoms with Gasteiger partial charge >= 0.3 is 0 Å². The molecular formula is C21H19ClFN3O2S. The second kappa shape index (κ2) is 8.90. The van der Waals surface area contributed by atoms with E-state index in [1.165, 1.54) is 23.5 Å². The molecule has 1 aliphatic rings. The van der Waals surface area contributed by atoms with Crippen molar-refractivity contribution in [2.45, 2.75) is 6.42 Å². The number of nitrogens with one attached hydrogen (secondary N) is 1. The fourth-order valence-electron chi connectivity index (χ4n) is 3.19. The minimum Gasteiger partial charge on any atom is -0.378 e. The van der Waals surface area contributed by atoms with Crippen molar-refractivity contribution in [1.29, 1.82) is 0 Å². The maximum Gasteiger partial charge on any atom is 0.230 e. The molecule has 150 valence electrons. The highest BCUT2D eigenvalue weighted by Gasteiger charge is 2.17. The van der Waals surface area contributed by atoms with Crippen molar-refractivity contribution in [2.75, 3.05) is 36.5 Å². The van der Waals surface area contributed by atoms with Gasteiger partial charge in [0.25, 0.3) is 0 Å². The summed E-state index contributed by atoms with van der Waals surface area (Å²) in [6.45, 7) is 2.82. The summed E-state index contributed by atoms with van der Waals surface area (Å²) >= 11 is 7.53. The van der Waals surface area contributed by atoms with E-state index in [4.69, 9.17) is 16.3 Å². The largest absolute Gasteiger partial charge is 0.378 e. The van der Waals surface area contributed by atoms with Gasteiger partial charge in [0.2, 0.25) is 5.91 Å². The third kappa shape index (κ3) is 4.93. The molecule has 1 saturated heterocycles. The number of anilines is 2. The molecule has 8 heteroatoms. The van der Waals surface area contributed by atoms with Crippen LogP contribution >= 0.6 is 22.9 Å². The molecule has 0 aliphatic carbocycles. The van der Waals surface area contributed by atoms with Crippen LogP contribution in [0.25, 0.3) is 10.6 Å². The van der Waals surface area contributed by atoms with E-state index >= 15 is 0 Å². The number of morpholine rings is 1. The molecule has 2 aromatic carbocycles. The molecule has 29 heavy (non-hydrogen) atoms. The molecule has 0 saturated carbocycles. The van der Waals surface area contributed by atoms with Gasteiger partial charge in [-0.05, 0) is 30.3 Å². The van der Waals surface area contributed by atoms with Crippen molar-refractivity contribution in [2.24, 2.45) is 0 Å². The summed E-state index contributed by atoms with van der Waals surface area (Å²) in [5.41, 5.74) is 2.93. The van der Waals surface area contributed by atoms with Gasteiger partial charge in [-0.15, -0.1) is 11.3 Å². The lowest BCUT2D eigenvalue weighted by Crippen LogP contribution is -2.36. The minimum absolute atomic E-state index is 0.126. The fraction of sp³-hybridized carbons (Fsp3) is 0.238. The van der Waals surface area contributed by atoms with Gasteiger partial charge in [-0.3, -0.25) is 4.79 Å². The highest BCUT2D eigenvalue weighted by atomic mass is 35.5. The predicted molar refractivity (Wildman–Crippen MR) is 114 cm³/mol. The van der Waals surface area contributed by atoms with E-state index in [1.807, 2.05) is 17.5 Å². The molecule has 1 N–H and O–H groups in total. The van der Waals surface area contributed by atoms with Crippen LogP contribution in [0.4, 0.5) is 15.8 Å². The molecule has 3 aromatic rings. The molecule has 4 rings (SSSR count). The van der Waals surface area contributed by atoms with E-state index < -0.39 is 0 Å². The number of rotatable bonds is 5. The number of carbonyl (C=O) groups excluding carboxylic acids is 1. The summed E-state index contributed by atoms with van der Waals surface area (Å²) in [6.07, 6.45) is 0.126. The monoisotopic (exact) mass is 431 g/mol. The molecule has 2 heterocycles. The molecule has 1 aromatic heterocycles. The molecule has 0 unspecified atom stereocenters. The number of amides is 1. The standard InChI is InChI=1S/C21H19ClFN3O2S/c22-15-4-5-19(26-6-8-28-9-7-26)18(11-15)25-20(27)12-17-13-29-21(24-17)14-2-1-3-16(23)10-14/h1-5,10-11,13H,6-9,12H2,(H,25,27). The average Bonchev–Trinajstić information content (AvgIpc) is 3.17. The number of benzene rings is 2. The van der Waals surface area contributed by atoms with Crippen LogP contribution in [0.1, 0.15) is 5.69 Å². The normalized spacial score (nSPS) is 14.1. The first-order valence-electron chi connectivity index (χ1n) is 9.21. The second-order valence-corrected chi connectivity index (χ2v) is 7.93. The van der Waals surface area contributed by atoms with Gasteiger partial charge < -0.3 is 15.0 Å². The van der Waals surface area contributed by atoms with E-state index in [0.717, 1.165) is 18.8 Å². The Morgan fingerprint density at radius 2 is 2.07 bits per heavy atom. The number of hydrogen-bond donors (Lipinski definition) is 1. The van der Waals surface area contributed by atoms with Gasteiger partial charge in [-0.2, -0.15) is 0 Å². The van der Waals surface area contributed by atoms with Crippen molar-refractivity contribution < 1.29 is 13.9 Å². The van der Waals surface area contributed by atoms with E-state index in [0.29, 0.717) is 40.2 Å². The van der Waals surface area contributed by atoms with E-state index in [-0.39, 0.29) is 18.1 Å². The van der Waals surface area contributed by atoms with Gasteiger partial charge in [0.15, 0.2) is 0 Å². The summed E-state index contributed by atoms with van der Waals surface area (Å²) in [7, 11) is 0. The summed E-state index contributed by atoms with van der Waals surface area (Å²) in [5, 5.41) is 6.01. The zero-order valence-corrected chi connectivity index (χ0v) is 17.1. The van der Waals surface area contributed by atoms with Gasteiger partial charge in [0.1, 0.15) is 10.8 Å². The van der Waals surface area contributed by atoms with Crippen molar-refractivity contribution in [1.82, 2.24) is 4.98 Å². The molecule has 0 bridgehead atoms. The van der Waals surface area contributed by atoms with Crippen LogP contribution in [-0.4, -0.2) is 37.2 Å². The highest BCUT2D eigenvalue weighted by Crippen LogP contribution is 2.30. The highest BCUT2D eigenvalue weighted by molar-refractivity contribution is 7.13. The zero-order chi connectivity index (χ0) is 20.2. The van der Waals surface area contributed by atoms with Crippen molar-refractivity contribution in [3.63, 3.8) is 0 Å². The van der Waals surface area contributed by atoms with E-state index in [9.17, 15) is 9.18 Å². The van der Waals surface area contributed by atoms with Crippen LogP contribution in [0, 0.1) is 5.82 Å². The first kappa shape index (κ1) is 19.8. The topological polar surface area (TPSA) is 54.5 Å². The lowest BCUT2D eigenvalue weighted by Gasteiger charge is -2.30. The van der Waals surface area contributed by atoms with E-state index in [2.05, 4.69) is 15.2 Å². The summed E-state index contributed by atoms with van der Waals surface area (Å²) in [5.74, 6) is -0.494. The Balaban J connectivity index is 1.47. The zero-order valence-electron chi connectivity index (χ0n) is 15.5. The molecule has 5 nitrogen and oxygen atoms in total. The maximum atomic E-state index is 13.4. The second-order valence-electron chi connectivity index (χ2n) is 6.64. The smallest absolute Gasteiger partial charge is 0.230 e. The molecular weight excluding hydrogens is 413 g/mol. The van der Waals surface area contributed by atoms with Crippen LogP contribution in [0.5, 0.6) is 0 Å². The van der Waals surface area contributed by atoms with Crippen molar-refractivity contribution in [3.8, 4) is 10.6 Å². The third-order valence-corrected chi connectivity index (χ3v) is 5.72. The van der Waals surface area contributed by atoms with Crippen molar-refractivity contribution in [3.05, 3.63) is 64.4 Å². The van der Waals surface area contributed by atoms with Gasteiger partial charge in [-0.1, -0.05) is 23.7 Å². The maximum absolute atomic E-state index is 13.4. The predicted octanol–water partition coefficient (Wildman–Crippen LogP) is 4.62. The molecule has 0 radical (unpaired) electrons. The number of carbonyl (C=O) groups is 1. The van der Waals surface area contributed by atoms with Gasteiger partial charge in [0, 0.05) is 29.1 Å². The summed E-state index contributed by atoms with van der Waals surface area (Å²) < 4.78 is 18.8. The summed E-state index contributed by atoms with van der Waals surface area (Å²) in [6, 6.07) is 11.7. The number of hydrogen-bond acceptors (Lipinski definition) is 5. The van der Waals surface area contributed by atoms with Crippen LogP contribution in [0.3, 0.4) is 0 Å². The number of ether oxygens (including phenoxy) is 1. The Labute approximate surface area is 177 Å². The Morgan fingerprint density at radius 1 is 1.24 bits per heavy atom. The number of thiazole rings is 1. The fourth-order valence-corrected chi connectivity index (χ4v) is 4.18.